The highest BCUT2D eigenvalue weighted by atomic mass is 16.7. The Labute approximate surface area is 297 Å². The van der Waals surface area contributed by atoms with E-state index in [0.717, 1.165) is 32.1 Å². The number of carbonyl (C=O) groups excluding carboxylic acids is 1. The molecule has 8 atom stereocenters. The van der Waals surface area contributed by atoms with Gasteiger partial charge in [0, 0.05) is 0 Å². The number of carbonyl (C=O) groups is 1. The summed E-state index contributed by atoms with van der Waals surface area (Å²) in [6.07, 6.45) is 22.7. The molecule has 0 spiro atoms. The highest BCUT2D eigenvalue weighted by Gasteiger charge is 2.44. The molecule has 7 N–H and O–H groups in total. The van der Waals surface area contributed by atoms with Gasteiger partial charge in [0.15, 0.2) is 6.29 Å². The number of rotatable bonds is 31. The van der Waals surface area contributed by atoms with Crippen molar-refractivity contribution < 1.29 is 44.9 Å². The lowest BCUT2D eigenvalue weighted by Gasteiger charge is -2.40. The van der Waals surface area contributed by atoms with E-state index in [1.54, 1.807) is 6.08 Å². The molecule has 1 fully saturated rings. The van der Waals surface area contributed by atoms with Gasteiger partial charge < -0.3 is 45.4 Å². The minimum Gasteiger partial charge on any atom is -0.394 e. The third-order valence-corrected chi connectivity index (χ3v) is 9.39. The molecule has 10 heteroatoms. The van der Waals surface area contributed by atoms with Crippen LogP contribution in [-0.4, -0.2) is 98.7 Å². The molecule has 0 unspecified atom stereocenters. The third-order valence-electron chi connectivity index (χ3n) is 9.39. The number of unbranched alkanes of at least 4 members (excludes halogenated alkanes) is 18. The summed E-state index contributed by atoms with van der Waals surface area (Å²) in [5.41, 5.74) is 0. The van der Waals surface area contributed by atoms with Gasteiger partial charge in [-0.15, -0.1) is 0 Å². The third kappa shape index (κ3) is 21.6. The van der Waals surface area contributed by atoms with E-state index in [2.05, 4.69) is 31.3 Å². The molecule has 0 aromatic rings. The van der Waals surface area contributed by atoms with Crippen LogP contribution in [0, 0.1) is 0 Å². The molecule has 49 heavy (non-hydrogen) atoms. The second kappa shape index (κ2) is 30.3. The van der Waals surface area contributed by atoms with Crippen LogP contribution in [0.2, 0.25) is 0 Å². The lowest BCUT2D eigenvalue weighted by Crippen LogP contribution is -2.60. The van der Waals surface area contributed by atoms with Gasteiger partial charge in [0.1, 0.15) is 30.5 Å². The van der Waals surface area contributed by atoms with E-state index >= 15 is 0 Å². The molecule has 288 valence electrons. The number of nitrogens with one attached hydrogen (secondary N) is 1. The normalized spacial score (nSPS) is 23.3. The van der Waals surface area contributed by atoms with Crippen molar-refractivity contribution in [2.24, 2.45) is 0 Å². The van der Waals surface area contributed by atoms with Crippen LogP contribution < -0.4 is 5.32 Å². The van der Waals surface area contributed by atoms with Crippen molar-refractivity contribution in [2.75, 3.05) is 13.2 Å². The molecule has 1 aliphatic heterocycles. The van der Waals surface area contributed by atoms with Crippen molar-refractivity contribution in [2.45, 2.75) is 204 Å². The van der Waals surface area contributed by atoms with Crippen LogP contribution in [0.25, 0.3) is 0 Å². The van der Waals surface area contributed by atoms with Crippen molar-refractivity contribution in [1.29, 1.82) is 0 Å². The van der Waals surface area contributed by atoms with Crippen molar-refractivity contribution in [3.05, 3.63) is 24.3 Å². The van der Waals surface area contributed by atoms with Gasteiger partial charge in [-0.25, -0.2) is 0 Å². The molecule has 0 bridgehead atoms. The first-order chi connectivity index (χ1) is 23.8. The topological polar surface area (TPSA) is 169 Å². The summed E-state index contributed by atoms with van der Waals surface area (Å²) in [6, 6.07) is -0.990. The van der Waals surface area contributed by atoms with E-state index in [4.69, 9.17) is 9.47 Å². The number of aliphatic hydroxyl groups is 6. The molecule has 0 radical (unpaired) electrons. The zero-order chi connectivity index (χ0) is 36.1. The number of aliphatic hydroxyl groups excluding tert-OH is 6. The fourth-order valence-corrected chi connectivity index (χ4v) is 6.06. The fourth-order valence-electron chi connectivity index (χ4n) is 6.06. The molecule has 1 saturated heterocycles. The quantitative estimate of drug-likeness (QED) is 0.0352. The van der Waals surface area contributed by atoms with Crippen LogP contribution >= 0.6 is 0 Å². The van der Waals surface area contributed by atoms with Gasteiger partial charge in [0.05, 0.1) is 25.4 Å². The maximum Gasteiger partial charge on any atom is 0.249 e. The van der Waals surface area contributed by atoms with Crippen LogP contribution in [0.1, 0.15) is 155 Å². The van der Waals surface area contributed by atoms with Crippen LogP contribution in [0.15, 0.2) is 24.3 Å². The van der Waals surface area contributed by atoms with Gasteiger partial charge in [-0.2, -0.15) is 0 Å². The predicted octanol–water partition coefficient (Wildman–Crippen LogP) is 5.74. The van der Waals surface area contributed by atoms with Gasteiger partial charge in [-0.3, -0.25) is 4.79 Å². The average Bonchev–Trinajstić information content (AvgIpc) is 3.10. The smallest absolute Gasteiger partial charge is 0.249 e. The van der Waals surface area contributed by atoms with Crippen LogP contribution in [0.5, 0.6) is 0 Å². The van der Waals surface area contributed by atoms with Gasteiger partial charge in [-0.1, -0.05) is 147 Å². The van der Waals surface area contributed by atoms with Crippen molar-refractivity contribution >= 4 is 5.91 Å². The molecular weight excluding hydrogens is 626 g/mol. The van der Waals surface area contributed by atoms with Gasteiger partial charge in [0.25, 0.3) is 0 Å². The summed E-state index contributed by atoms with van der Waals surface area (Å²) in [6.45, 7) is 3.53. The summed E-state index contributed by atoms with van der Waals surface area (Å²) in [4.78, 5) is 12.9. The van der Waals surface area contributed by atoms with Gasteiger partial charge >= 0.3 is 0 Å². The van der Waals surface area contributed by atoms with Crippen molar-refractivity contribution in [1.82, 2.24) is 5.32 Å². The average molecular weight is 700 g/mol. The lowest BCUT2D eigenvalue weighted by atomic mass is 9.99. The first-order valence-electron chi connectivity index (χ1n) is 19.7. The summed E-state index contributed by atoms with van der Waals surface area (Å²) in [7, 11) is 0. The number of amides is 1. The predicted molar refractivity (Wildman–Crippen MR) is 195 cm³/mol. The minimum absolute atomic E-state index is 0.306. The lowest BCUT2D eigenvalue weighted by molar-refractivity contribution is -0.302. The fraction of sp³-hybridized carbons (Fsp3) is 0.872. The second-order valence-corrected chi connectivity index (χ2v) is 13.9. The molecule has 1 aliphatic rings. The first kappa shape index (κ1) is 45.7. The number of ether oxygens (including phenoxy) is 2. The van der Waals surface area contributed by atoms with Gasteiger partial charge in [-0.05, 0) is 32.1 Å². The zero-order valence-corrected chi connectivity index (χ0v) is 30.8. The summed E-state index contributed by atoms with van der Waals surface area (Å²) in [5, 5.41) is 64.2. The standard InChI is InChI=1S/C39H73NO9/c1-3-5-7-9-11-13-15-16-18-19-21-23-25-27-32(42)31(30-48-39-37(46)36(45)35(44)34(29-41)49-39)40-38(47)33(43)28-26-24-22-20-17-14-12-10-8-6-4-2/h18-19,25,27,31-37,39,41-46H,3-17,20-24,26,28-30H2,1-2H3,(H,40,47)/b19-18+,27-25+/t31-,32+,33+,34+,35+,36-,37+,39+/m0/s1. The van der Waals surface area contributed by atoms with Crippen LogP contribution in [-0.2, 0) is 14.3 Å². The summed E-state index contributed by atoms with van der Waals surface area (Å²) < 4.78 is 11.1. The second-order valence-electron chi connectivity index (χ2n) is 13.9. The molecule has 10 nitrogen and oxygen atoms in total. The molecule has 0 aromatic heterocycles. The molecule has 0 saturated carbocycles. The Kier molecular flexibility index (Phi) is 28.2. The zero-order valence-electron chi connectivity index (χ0n) is 30.8. The maximum atomic E-state index is 12.9. The molecule has 0 aromatic carbocycles. The van der Waals surface area contributed by atoms with E-state index < -0.39 is 61.5 Å². The number of allylic oxidation sites excluding steroid dienone is 3. The van der Waals surface area contributed by atoms with E-state index in [1.807, 2.05) is 6.08 Å². The monoisotopic (exact) mass is 700 g/mol. The highest BCUT2D eigenvalue weighted by molar-refractivity contribution is 5.80. The Hall–Kier alpha value is -1.37. The van der Waals surface area contributed by atoms with Crippen molar-refractivity contribution in [3.63, 3.8) is 0 Å². The van der Waals surface area contributed by atoms with Crippen LogP contribution in [0.3, 0.4) is 0 Å². The Morgan fingerprint density at radius 3 is 1.78 bits per heavy atom. The molecule has 1 amide bonds. The molecule has 0 aliphatic carbocycles. The Bertz CT molecular complexity index is 839. The molecular formula is C39H73NO9. The van der Waals surface area contributed by atoms with E-state index in [-0.39, 0.29) is 6.61 Å². The Morgan fingerprint density at radius 2 is 1.20 bits per heavy atom. The van der Waals surface area contributed by atoms with E-state index in [0.29, 0.717) is 19.3 Å². The molecule has 1 rings (SSSR count). The number of hydrogen-bond acceptors (Lipinski definition) is 9. The summed E-state index contributed by atoms with van der Waals surface area (Å²) in [5.74, 6) is -0.629. The minimum atomic E-state index is -1.61. The highest BCUT2D eigenvalue weighted by Crippen LogP contribution is 2.22. The Morgan fingerprint density at radius 1 is 0.694 bits per heavy atom. The number of hydrogen-bond donors (Lipinski definition) is 7. The van der Waals surface area contributed by atoms with E-state index in [1.165, 1.54) is 89.9 Å². The van der Waals surface area contributed by atoms with Crippen LogP contribution in [0.4, 0.5) is 0 Å². The molecule has 1 heterocycles. The largest absolute Gasteiger partial charge is 0.394 e. The SMILES string of the molecule is CCCCCCCCC/C=C/CC/C=C/[C@@H](O)[C@H](CO[C@@H]1O[C@H](CO)[C@@H](O)[C@H](O)[C@H]1O)NC(=O)[C@H](O)CCCCCCCCCCCCC. The van der Waals surface area contributed by atoms with Crippen molar-refractivity contribution in [3.8, 4) is 0 Å². The maximum absolute atomic E-state index is 12.9. The van der Waals surface area contributed by atoms with Gasteiger partial charge in [0.2, 0.25) is 5.91 Å². The Balaban J connectivity index is 2.56. The summed E-state index contributed by atoms with van der Waals surface area (Å²) >= 11 is 0. The van der Waals surface area contributed by atoms with E-state index in [9.17, 15) is 35.4 Å². The first-order valence-corrected chi connectivity index (χ1v) is 19.7.